The van der Waals surface area contributed by atoms with Gasteiger partial charge in [-0.1, -0.05) is 0 Å². The van der Waals surface area contributed by atoms with Crippen LogP contribution in [0.25, 0.3) is 0 Å². The third-order valence-electron chi connectivity index (χ3n) is 1.14. The lowest BCUT2D eigenvalue weighted by Gasteiger charge is -1.97. The number of aromatic nitrogens is 1. The van der Waals surface area contributed by atoms with Crippen LogP contribution in [0.1, 0.15) is 16.4 Å². The summed E-state index contributed by atoms with van der Waals surface area (Å²) in [5.74, 6) is -2.44. The Morgan fingerprint density at radius 1 is 1.62 bits per heavy atom. The highest BCUT2D eigenvalue weighted by Crippen LogP contribution is 2.28. The third-order valence-corrected chi connectivity index (χ3v) is 1.14. The Kier molecular flexibility index (Phi) is 2.26. The fraction of sp³-hybridized carbons (Fsp3) is 0.333. The molecule has 0 N–H and O–H groups in total. The number of ether oxygens (including phenoxy) is 1. The zero-order chi connectivity index (χ0) is 10.1. The molecule has 4 nitrogen and oxygen atoms in total. The molecule has 0 radical (unpaired) electrons. The van der Waals surface area contributed by atoms with E-state index in [4.69, 9.17) is 0 Å². The first-order valence-electron chi connectivity index (χ1n) is 3.06. The number of esters is 1. The van der Waals surface area contributed by atoms with Crippen molar-refractivity contribution in [3.63, 3.8) is 0 Å². The lowest BCUT2D eigenvalue weighted by Crippen LogP contribution is -2.07. The van der Waals surface area contributed by atoms with Gasteiger partial charge in [-0.3, -0.25) is 0 Å². The Bertz CT molecular complexity index is 317. The van der Waals surface area contributed by atoms with Crippen molar-refractivity contribution in [2.24, 2.45) is 0 Å². The van der Waals surface area contributed by atoms with E-state index in [1.165, 1.54) is 0 Å². The predicted octanol–water partition coefficient (Wildman–Crippen LogP) is 1.48. The van der Waals surface area contributed by atoms with E-state index >= 15 is 0 Å². The topological polar surface area (TPSA) is 52.3 Å². The smallest absolute Gasteiger partial charge is 0.464 e. The summed E-state index contributed by atoms with van der Waals surface area (Å²) >= 11 is 0. The zero-order valence-corrected chi connectivity index (χ0v) is 6.38. The summed E-state index contributed by atoms with van der Waals surface area (Å²) in [6, 6.07) is 0. The van der Waals surface area contributed by atoms with Crippen LogP contribution < -0.4 is 0 Å². The molecule has 0 aromatic carbocycles. The van der Waals surface area contributed by atoms with Crippen LogP contribution in [0.5, 0.6) is 0 Å². The summed E-state index contributed by atoms with van der Waals surface area (Å²) in [5.41, 5.74) is -0.505. The summed E-state index contributed by atoms with van der Waals surface area (Å²) in [7, 11) is 1.03. The van der Waals surface area contributed by atoms with Gasteiger partial charge in [0.2, 0.25) is 0 Å². The van der Waals surface area contributed by atoms with Crippen LogP contribution in [0.4, 0.5) is 13.2 Å². The highest BCUT2D eigenvalue weighted by Gasteiger charge is 2.37. The van der Waals surface area contributed by atoms with E-state index in [0.717, 1.165) is 7.11 Å². The van der Waals surface area contributed by atoms with Crippen molar-refractivity contribution in [1.82, 2.24) is 4.98 Å². The molecule has 1 rings (SSSR count). The predicted molar refractivity (Wildman–Crippen MR) is 32.8 cm³/mol. The van der Waals surface area contributed by atoms with E-state index in [1.807, 2.05) is 0 Å². The molecule has 72 valence electrons. The first-order chi connectivity index (χ1) is 5.95. The van der Waals surface area contributed by atoms with Crippen LogP contribution in [0.2, 0.25) is 0 Å². The van der Waals surface area contributed by atoms with Gasteiger partial charge in [-0.05, 0) is 0 Å². The monoisotopic (exact) mass is 195 g/mol. The Hall–Kier alpha value is -1.53. The van der Waals surface area contributed by atoms with Crippen molar-refractivity contribution in [3.05, 3.63) is 17.8 Å². The molecule has 0 atom stereocenters. The molecular formula is C6H4F3NO3. The summed E-state index contributed by atoms with van der Waals surface area (Å²) in [6.45, 7) is 0. The molecule has 0 aliphatic carbocycles. The van der Waals surface area contributed by atoms with Gasteiger partial charge < -0.3 is 9.15 Å². The van der Waals surface area contributed by atoms with Gasteiger partial charge in [0, 0.05) is 0 Å². The number of alkyl halides is 3. The maximum absolute atomic E-state index is 11.9. The first kappa shape index (κ1) is 9.56. The highest BCUT2D eigenvalue weighted by molar-refractivity contribution is 5.86. The minimum absolute atomic E-state index is 0.505. The zero-order valence-electron chi connectivity index (χ0n) is 6.38. The Balaban J connectivity index is 2.93. The third kappa shape index (κ3) is 1.98. The van der Waals surface area contributed by atoms with Gasteiger partial charge >= 0.3 is 18.0 Å². The SMILES string of the molecule is COC(=O)c1coc(C(F)(F)F)n1. The van der Waals surface area contributed by atoms with Gasteiger partial charge in [-0.2, -0.15) is 18.2 Å². The summed E-state index contributed by atoms with van der Waals surface area (Å²) in [4.78, 5) is 13.5. The Morgan fingerprint density at radius 3 is 2.62 bits per heavy atom. The minimum atomic E-state index is -4.69. The van der Waals surface area contributed by atoms with Gasteiger partial charge in [0.1, 0.15) is 6.26 Å². The van der Waals surface area contributed by atoms with E-state index < -0.39 is 23.7 Å². The number of hydrogen-bond donors (Lipinski definition) is 0. The molecular weight excluding hydrogens is 191 g/mol. The molecule has 0 spiro atoms. The van der Waals surface area contributed by atoms with E-state index in [9.17, 15) is 18.0 Å². The molecule has 0 aliphatic heterocycles. The summed E-state index contributed by atoms with van der Waals surface area (Å²) in [6.07, 6.45) is -4.10. The quantitative estimate of drug-likeness (QED) is 0.637. The number of hydrogen-bond acceptors (Lipinski definition) is 4. The number of carbonyl (C=O) groups excluding carboxylic acids is 1. The first-order valence-corrected chi connectivity index (χ1v) is 3.06. The standard InChI is InChI=1S/C6H4F3NO3/c1-12-4(11)3-2-13-5(10-3)6(7,8)9/h2H,1H3. The van der Waals surface area contributed by atoms with Crippen LogP contribution >= 0.6 is 0 Å². The van der Waals surface area contributed by atoms with Gasteiger partial charge in [0.15, 0.2) is 5.69 Å². The fourth-order valence-corrected chi connectivity index (χ4v) is 0.602. The normalized spacial score (nSPS) is 11.4. The lowest BCUT2D eigenvalue weighted by atomic mass is 10.5. The molecule has 0 aliphatic rings. The average Bonchev–Trinajstić information content (AvgIpc) is 2.50. The van der Waals surface area contributed by atoms with Crippen LogP contribution in [0.15, 0.2) is 10.7 Å². The van der Waals surface area contributed by atoms with Crippen molar-refractivity contribution < 1.29 is 27.1 Å². The van der Waals surface area contributed by atoms with E-state index in [0.29, 0.717) is 6.26 Å². The van der Waals surface area contributed by atoms with Gasteiger partial charge in [-0.25, -0.2) is 4.79 Å². The highest BCUT2D eigenvalue weighted by atomic mass is 19.4. The molecule has 0 fully saturated rings. The summed E-state index contributed by atoms with van der Waals surface area (Å²) in [5, 5.41) is 0. The molecule has 0 unspecified atom stereocenters. The molecule has 0 amide bonds. The second-order valence-corrected chi connectivity index (χ2v) is 2.03. The molecule has 1 aromatic heterocycles. The molecule has 0 saturated carbocycles. The number of rotatable bonds is 1. The van der Waals surface area contributed by atoms with Crippen molar-refractivity contribution >= 4 is 5.97 Å². The van der Waals surface area contributed by atoms with Crippen LogP contribution in [-0.2, 0) is 10.9 Å². The van der Waals surface area contributed by atoms with Crippen LogP contribution in [-0.4, -0.2) is 18.1 Å². The second kappa shape index (κ2) is 3.08. The van der Waals surface area contributed by atoms with Gasteiger partial charge in [-0.15, -0.1) is 0 Å². The second-order valence-electron chi connectivity index (χ2n) is 2.03. The number of nitrogens with zero attached hydrogens (tertiary/aromatic N) is 1. The average molecular weight is 195 g/mol. The summed E-state index contributed by atoms with van der Waals surface area (Å²) < 4.78 is 43.7. The van der Waals surface area contributed by atoms with Crippen molar-refractivity contribution in [2.45, 2.75) is 6.18 Å². The maximum Gasteiger partial charge on any atom is 0.468 e. The van der Waals surface area contributed by atoms with Crippen molar-refractivity contribution in [2.75, 3.05) is 7.11 Å². The molecule has 0 bridgehead atoms. The molecule has 13 heavy (non-hydrogen) atoms. The minimum Gasteiger partial charge on any atom is -0.464 e. The Morgan fingerprint density at radius 2 is 2.23 bits per heavy atom. The number of carbonyl (C=O) groups is 1. The van der Waals surface area contributed by atoms with E-state index in [-0.39, 0.29) is 0 Å². The van der Waals surface area contributed by atoms with Crippen LogP contribution in [0, 0.1) is 0 Å². The largest absolute Gasteiger partial charge is 0.468 e. The molecule has 1 heterocycles. The number of oxazole rings is 1. The van der Waals surface area contributed by atoms with Crippen molar-refractivity contribution in [3.8, 4) is 0 Å². The molecule has 1 aromatic rings. The fourth-order valence-electron chi connectivity index (χ4n) is 0.602. The number of halogens is 3. The lowest BCUT2D eigenvalue weighted by molar-refractivity contribution is -0.157. The molecule has 0 saturated heterocycles. The number of methoxy groups -OCH3 is 1. The van der Waals surface area contributed by atoms with E-state index in [2.05, 4.69) is 14.1 Å². The van der Waals surface area contributed by atoms with Gasteiger partial charge in [0.05, 0.1) is 7.11 Å². The van der Waals surface area contributed by atoms with Crippen LogP contribution in [0.3, 0.4) is 0 Å². The van der Waals surface area contributed by atoms with Crippen molar-refractivity contribution in [1.29, 1.82) is 0 Å². The maximum atomic E-state index is 11.9. The Labute approximate surface area is 70.3 Å². The van der Waals surface area contributed by atoms with E-state index in [1.54, 1.807) is 0 Å². The molecule has 7 heteroatoms. The van der Waals surface area contributed by atoms with Gasteiger partial charge in [0.25, 0.3) is 0 Å².